The van der Waals surface area contributed by atoms with Gasteiger partial charge in [0.25, 0.3) is 0 Å². The minimum Gasteiger partial charge on any atom is -0.295 e. The van der Waals surface area contributed by atoms with E-state index < -0.39 is 0 Å². The van der Waals surface area contributed by atoms with E-state index in [4.69, 9.17) is 0 Å². The van der Waals surface area contributed by atoms with Crippen molar-refractivity contribution in [3.05, 3.63) is 0 Å². The molecule has 2 aliphatic carbocycles. The molecule has 3 rings (SSSR count). The third kappa shape index (κ3) is 2.41. The summed E-state index contributed by atoms with van der Waals surface area (Å²) in [6.07, 6.45) is 13.5. The number of likely N-dealkylation sites (tertiary alicyclic amines) is 1. The number of rotatable bonds is 1. The molecule has 5 atom stereocenters. The molecular formula is C16H29N. The maximum atomic E-state index is 2.91. The van der Waals surface area contributed by atoms with E-state index in [1.165, 1.54) is 51.4 Å². The van der Waals surface area contributed by atoms with Crippen molar-refractivity contribution in [2.45, 2.75) is 89.8 Å². The Hall–Kier alpha value is -0.0400. The molecule has 3 aliphatic rings. The average Bonchev–Trinajstić information content (AvgIpc) is 2.28. The van der Waals surface area contributed by atoms with Gasteiger partial charge in [0.1, 0.15) is 0 Å². The quantitative estimate of drug-likeness (QED) is 0.658. The van der Waals surface area contributed by atoms with Crippen molar-refractivity contribution in [2.75, 3.05) is 0 Å². The molecule has 98 valence electrons. The molecule has 0 unspecified atom stereocenters. The Bertz CT molecular complexity index is 240. The van der Waals surface area contributed by atoms with Crippen LogP contribution in [0.1, 0.15) is 71.6 Å². The predicted molar refractivity (Wildman–Crippen MR) is 73.1 cm³/mol. The van der Waals surface area contributed by atoms with Gasteiger partial charge in [-0.05, 0) is 57.8 Å². The van der Waals surface area contributed by atoms with Crippen molar-refractivity contribution >= 4 is 0 Å². The second kappa shape index (κ2) is 4.91. The average molecular weight is 235 g/mol. The molecule has 0 radical (unpaired) electrons. The van der Waals surface area contributed by atoms with E-state index in [1.54, 1.807) is 6.42 Å². The Balaban J connectivity index is 1.70. The molecule has 0 spiro atoms. The molecule has 17 heavy (non-hydrogen) atoms. The number of fused-ring (bicyclic) bond motifs is 2. The minimum absolute atomic E-state index is 0.850. The van der Waals surface area contributed by atoms with E-state index in [0.29, 0.717) is 0 Å². The summed E-state index contributed by atoms with van der Waals surface area (Å²) >= 11 is 0. The number of hydrogen-bond acceptors (Lipinski definition) is 1. The van der Waals surface area contributed by atoms with Gasteiger partial charge in [-0.25, -0.2) is 0 Å². The molecule has 2 bridgehead atoms. The zero-order chi connectivity index (χ0) is 11.8. The van der Waals surface area contributed by atoms with Gasteiger partial charge >= 0.3 is 0 Å². The van der Waals surface area contributed by atoms with Crippen LogP contribution in [-0.4, -0.2) is 23.0 Å². The summed E-state index contributed by atoms with van der Waals surface area (Å²) in [5.74, 6) is 2.16. The third-order valence-electron chi connectivity index (χ3n) is 5.79. The standard InChI is InChI=1S/C16H29N/c1-12-5-3-6-13(2)17(12)16-10-14-7-4-8-15(9-14)11-16/h12-16H,3-11H2,1-2H3/t12-,13+,14-,15+,16+. The molecule has 0 aromatic carbocycles. The normalized spacial score (nSPS) is 48.0. The van der Waals surface area contributed by atoms with Crippen molar-refractivity contribution in [1.29, 1.82) is 0 Å². The van der Waals surface area contributed by atoms with Crippen LogP contribution in [0.2, 0.25) is 0 Å². The fraction of sp³-hybridized carbons (Fsp3) is 1.00. The smallest absolute Gasteiger partial charge is 0.0106 e. The Labute approximate surface area is 107 Å². The van der Waals surface area contributed by atoms with Gasteiger partial charge in [-0.1, -0.05) is 25.7 Å². The van der Waals surface area contributed by atoms with E-state index >= 15 is 0 Å². The SMILES string of the molecule is C[C@@H]1CCC[C@H](C)N1[C@H]1C[C@@H]2CCC[C@@H](C2)C1. The highest BCUT2D eigenvalue weighted by atomic mass is 15.2. The lowest BCUT2D eigenvalue weighted by atomic mass is 9.69. The molecule has 1 heteroatoms. The van der Waals surface area contributed by atoms with Gasteiger partial charge in [-0.2, -0.15) is 0 Å². The van der Waals surface area contributed by atoms with Crippen molar-refractivity contribution < 1.29 is 0 Å². The maximum absolute atomic E-state index is 2.91. The lowest BCUT2D eigenvalue weighted by Crippen LogP contribution is -2.52. The summed E-state index contributed by atoms with van der Waals surface area (Å²) < 4.78 is 0. The minimum atomic E-state index is 0.850. The lowest BCUT2D eigenvalue weighted by Gasteiger charge is -2.50. The first-order valence-electron chi connectivity index (χ1n) is 8.01. The van der Waals surface area contributed by atoms with Gasteiger partial charge in [-0.15, -0.1) is 0 Å². The van der Waals surface area contributed by atoms with Crippen LogP contribution in [0.4, 0.5) is 0 Å². The fourth-order valence-electron chi connectivity index (χ4n) is 5.10. The van der Waals surface area contributed by atoms with E-state index in [9.17, 15) is 0 Å². The predicted octanol–water partition coefficient (Wildman–Crippen LogP) is 4.22. The number of nitrogens with zero attached hydrogens (tertiary/aromatic N) is 1. The molecule has 0 amide bonds. The van der Waals surface area contributed by atoms with Crippen LogP contribution in [0.15, 0.2) is 0 Å². The highest BCUT2D eigenvalue weighted by Crippen LogP contribution is 2.43. The summed E-state index contributed by atoms with van der Waals surface area (Å²) in [6, 6.07) is 2.63. The first-order valence-corrected chi connectivity index (χ1v) is 8.01. The second-order valence-corrected chi connectivity index (χ2v) is 7.10. The topological polar surface area (TPSA) is 3.24 Å². The largest absolute Gasteiger partial charge is 0.295 e. The molecule has 1 saturated heterocycles. The van der Waals surface area contributed by atoms with Gasteiger partial charge in [0.15, 0.2) is 0 Å². The highest BCUT2D eigenvalue weighted by Gasteiger charge is 2.38. The molecule has 2 saturated carbocycles. The Morgan fingerprint density at radius 3 is 1.82 bits per heavy atom. The summed E-state index contributed by atoms with van der Waals surface area (Å²) in [7, 11) is 0. The second-order valence-electron chi connectivity index (χ2n) is 7.10. The van der Waals surface area contributed by atoms with E-state index in [1.807, 2.05) is 0 Å². The van der Waals surface area contributed by atoms with Crippen LogP contribution in [-0.2, 0) is 0 Å². The molecule has 1 heterocycles. The van der Waals surface area contributed by atoms with Crippen LogP contribution in [0.5, 0.6) is 0 Å². The van der Waals surface area contributed by atoms with Crippen LogP contribution in [0, 0.1) is 11.8 Å². The monoisotopic (exact) mass is 235 g/mol. The molecule has 0 aromatic heterocycles. The van der Waals surface area contributed by atoms with Crippen LogP contribution < -0.4 is 0 Å². The van der Waals surface area contributed by atoms with E-state index in [-0.39, 0.29) is 0 Å². The molecule has 1 aliphatic heterocycles. The van der Waals surface area contributed by atoms with Gasteiger partial charge < -0.3 is 0 Å². The summed E-state index contributed by atoms with van der Waals surface area (Å²) in [5.41, 5.74) is 0. The van der Waals surface area contributed by atoms with Crippen molar-refractivity contribution in [1.82, 2.24) is 4.90 Å². The molecule has 3 fully saturated rings. The number of hydrogen-bond donors (Lipinski definition) is 0. The maximum Gasteiger partial charge on any atom is 0.0106 e. The number of piperidine rings is 1. The van der Waals surface area contributed by atoms with Gasteiger partial charge in [-0.3, -0.25) is 4.90 Å². The molecule has 0 aromatic rings. The van der Waals surface area contributed by atoms with E-state index in [0.717, 1.165) is 30.0 Å². The van der Waals surface area contributed by atoms with Crippen molar-refractivity contribution in [3.8, 4) is 0 Å². The molecular weight excluding hydrogens is 206 g/mol. The zero-order valence-electron chi connectivity index (χ0n) is 11.7. The Morgan fingerprint density at radius 2 is 1.24 bits per heavy atom. The van der Waals surface area contributed by atoms with Gasteiger partial charge in [0.2, 0.25) is 0 Å². The highest BCUT2D eigenvalue weighted by molar-refractivity contribution is 4.92. The Morgan fingerprint density at radius 1 is 0.706 bits per heavy atom. The first kappa shape index (κ1) is 12.0. The van der Waals surface area contributed by atoms with Crippen LogP contribution in [0.3, 0.4) is 0 Å². The van der Waals surface area contributed by atoms with Gasteiger partial charge in [0.05, 0.1) is 0 Å². The molecule has 0 N–H and O–H groups in total. The summed E-state index contributed by atoms with van der Waals surface area (Å²) in [6.45, 7) is 4.94. The molecule has 1 nitrogen and oxygen atoms in total. The van der Waals surface area contributed by atoms with Crippen molar-refractivity contribution in [2.24, 2.45) is 11.8 Å². The Kier molecular flexibility index (Phi) is 3.47. The summed E-state index contributed by atoms with van der Waals surface area (Å²) in [5, 5.41) is 0. The van der Waals surface area contributed by atoms with E-state index in [2.05, 4.69) is 18.7 Å². The van der Waals surface area contributed by atoms with Gasteiger partial charge in [0, 0.05) is 18.1 Å². The van der Waals surface area contributed by atoms with Crippen LogP contribution >= 0.6 is 0 Å². The van der Waals surface area contributed by atoms with Crippen molar-refractivity contribution in [3.63, 3.8) is 0 Å². The fourth-order valence-corrected chi connectivity index (χ4v) is 5.10. The first-order chi connectivity index (χ1) is 8.24. The summed E-state index contributed by atoms with van der Waals surface area (Å²) in [4.78, 5) is 2.91. The van der Waals surface area contributed by atoms with Crippen LogP contribution in [0.25, 0.3) is 0 Å². The third-order valence-corrected chi connectivity index (χ3v) is 5.79. The zero-order valence-corrected chi connectivity index (χ0v) is 11.7. The lowest BCUT2D eigenvalue weighted by molar-refractivity contribution is 0.000876.